The van der Waals surface area contributed by atoms with Crippen LogP contribution in [0.1, 0.15) is 12.5 Å². The second-order valence-electron chi connectivity index (χ2n) is 6.13. The van der Waals surface area contributed by atoms with E-state index < -0.39 is 0 Å². The molecule has 2 aromatic carbocycles. The molecule has 4 nitrogen and oxygen atoms in total. The van der Waals surface area contributed by atoms with Gasteiger partial charge in [-0.3, -0.25) is 4.79 Å². The van der Waals surface area contributed by atoms with Crippen molar-refractivity contribution in [1.82, 2.24) is 9.66 Å². The number of nitrogens with zero attached hydrogens (tertiary/aromatic N) is 3. The van der Waals surface area contributed by atoms with Gasteiger partial charge in [0.25, 0.3) is 5.56 Å². The Kier molecular flexibility index (Phi) is 4.77. The fraction of sp³-hybridized carbons (Fsp3) is 0.0455. The summed E-state index contributed by atoms with van der Waals surface area (Å²) in [5, 5.41) is 6.90. The Morgan fingerprint density at radius 1 is 1.07 bits per heavy atom. The smallest absolute Gasteiger partial charge is 0.267 e. The maximum atomic E-state index is 13.0. The molecular weight excluding hydrogens is 354 g/mol. The van der Waals surface area contributed by atoms with E-state index in [1.54, 1.807) is 6.21 Å². The molecule has 0 amide bonds. The van der Waals surface area contributed by atoms with Crippen molar-refractivity contribution < 1.29 is 0 Å². The van der Waals surface area contributed by atoms with Gasteiger partial charge in [0.15, 0.2) is 0 Å². The van der Waals surface area contributed by atoms with E-state index in [4.69, 9.17) is 0 Å². The first-order chi connectivity index (χ1) is 13.2. The standard InChI is InChI=1S/C22H17N3OS/c1-16(12-17-8-4-2-5-9-17)13-24-25-15-23-21-20(22(25)26)19(14-27-21)18-10-6-3-7-11-18/h2-15H,1H3/b16-12+,24-13+. The monoisotopic (exact) mass is 371 g/mol. The van der Waals surface area contributed by atoms with Crippen molar-refractivity contribution in [2.24, 2.45) is 5.10 Å². The van der Waals surface area contributed by atoms with Gasteiger partial charge in [0, 0.05) is 10.9 Å². The molecule has 0 aliphatic carbocycles. The molecule has 0 atom stereocenters. The molecule has 132 valence electrons. The van der Waals surface area contributed by atoms with Crippen molar-refractivity contribution in [2.75, 3.05) is 0 Å². The van der Waals surface area contributed by atoms with Crippen LogP contribution in [0.25, 0.3) is 27.4 Å². The van der Waals surface area contributed by atoms with Crippen LogP contribution in [0.5, 0.6) is 0 Å². The maximum Gasteiger partial charge on any atom is 0.283 e. The van der Waals surface area contributed by atoms with Gasteiger partial charge in [-0.05, 0) is 23.6 Å². The van der Waals surface area contributed by atoms with E-state index in [0.29, 0.717) is 5.39 Å². The van der Waals surface area contributed by atoms with Crippen LogP contribution in [0.4, 0.5) is 0 Å². The first-order valence-electron chi connectivity index (χ1n) is 8.54. The Morgan fingerprint density at radius 3 is 2.52 bits per heavy atom. The SMILES string of the molecule is CC(/C=N/n1cnc2scc(-c3ccccc3)c2c1=O)=C\c1ccccc1. The largest absolute Gasteiger partial charge is 0.283 e. The van der Waals surface area contributed by atoms with Crippen LogP contribution in [0.3, 0.4) is 0 Å². The van der Waals surface area contributed by atoms with E-state index >= 15 is 0 Å². The van der Waals surface area contributed by atoms with Crippen molar-refractivity contribution in [3.8, 4) is 11.1 Å². The molecule has 0 unspecified atom stereocenters. The molecule has 4 aromatic rings. The predicted octanol–water partition coefficient (Wildman–Crippen LogP) is 5.06. The molecule has 0 saturated heterocycles. The van der Waals surface area contributed by atoms with Gasteiger partial charge in [0.05, 0.1) is 11.6 Å². The van der Waals surface area contributed by atoms with Gasteiger partial charge in [-0.1, -0.05) is 66.7 Å². The van der Waals surface area contributed by atoms with Gasteiger partial charge >= 0.3 is 0 Å². The number of hydrogen-bond donors (Lipinski definition) is 0. The number of hydrogen-bond acceptors (Lipinski definition) is 4. The summed E-state index contributed by atoms with van der Waals surface area (Å²) < 4.78 is 1.30. The Bertz CT molecular complexity index is 1190. The van der Waals surface area contributed by atoms with E-state index in [1.807, 2.05) is 79.0 Å². The molecule has 27 heavy (non-hydrogen) atoms. The molecule has 0 N–H and O–H groups in total. The lowest BCUT2D eigenvalue weighted by atomic mass is 10.1. The number of aromatic nitrogens is 2. The summed E-state index contributed by atoms with van der Waals surface area (Å²) in [6, 6.07) is 19.9. The van der Waals surface area contributed by atoms with Crippen LogP contribution in [-0.2, 0) is 0 Å². The third-order valence-corrected chi connectivity index (χ3v) is 5.03. The minimum atomic E-state index is -0.163. The molecule has 0 saturated carbocycles. The first-order valence-corrected chi connectivity index (χ1v) is 9.42. The lowest BCUT2D eigenvalue weighted by Gasteiger charge is -2.01. The summed E-state index contributed by atoms with van der Waals surface area (Å²) in [5.74, 6) is 0. The van der Waals surface area contributed by atoms with Crippen molar-refractivity contribution in [3.63, 3.8) is 0 Å². The molecule has 2 heterocycles. The zero-order valence-electron chi connectivity index (χ0n) is 14.7. The Labute approximate surface area is 160 Å². The van der Waals surface area contributed by atoms with Crippen LogP contribution >= 0.6 is 11.3 Å². The van der Waals surface area contributed by atoms with Crippen molar-refractivity contribution >= 4 is 33.8 Å². The molecule has 0 fully saturated rings. The Balaban J connectivity index is 1.72. The van der Waals surface area contributed by atoms with Crippen LogP contribution in [0.2, 0.25) is 0 Å². The second-order valence-corrected chi connectivity index (χ2v) is 6.99. The molecule has 4 rings (SSSR count). The highest BCUT2D eigenvalue weighted by atomic mass is 32.1. The lowest BCUT2D eigenvalue weighted by molar-refractivity contribution is 0.818. The molecule has 0 radical (unpaired) electrons. The summed E-state index contributed by atoms with van der Waals surface area (Å²) in [4.78, 5) is 18.1. The van der Waals surface area contributed by atoms with Crippen LogP contribution < -0.4 is 5.56 Å². The zero-order chi connectivity index (χ0) is 18.6. The van der Waals surface area contributed by atoms with E-state index in [9.17, 15) is 4.79 Å². The highest BCUT2D eigenvalue weighted by Crippen LogP contribution is 2.30. The number of rotatable bonds is 4. The van der Waals surface area contributed by atoms with Crippen LogP contribution in [-0.4, -0.2) is 15.9 Å². The third kappa shape index (κ3) is 3.64. The molecular formula is C22H17N3OS. The lowest BCUT2D eigenvalue weighted by Crippen LogP contribution is -2.16. The van der Waals surface area contributed by atoms with Gasteiger partial charge in [0.2, 0.25) is 0 Å². The number of benzene rings is 2. The quantitative estimate of drug-likeness (QED) is 0.471. The normalized spacial score (nSPS) is 12.1. The second kappa shape index (κ2) is 7.51. The summed E-state index contributed by atoms with van der Waals surface area (Å²) >= 11 is 1.47. The average Bonchev–Trinajstić information content (AvgIpc) is 3.14. The maximum absolute atomic E-state index is 13.0. The first kappa shape index (κ1) is 17.1. The third-order valence-electron chi connectivity index (χ3n) is 4.14. The molecule has 0 bridgehead atoms. The minimum absolute atomic E-state index is 0.163. The fourth-order valence-electron chi connectivity index (χ4n) is 2.84. The van der Waals surface area contributed by atoms with Gasteiger partial charge in [-0.2, -0.15) is 9.78 Å². The highest BCUT2D eigenvalue weighted by Gasteiger charge is 2.12. The van der Waals surface area contributed by atoms with Gasteiger partial charge < -0.3 is 0 Å². The van der Waals surface area contributed by atoms with Crippen molar-refractivity contribution in [1.29, 1.82) is 0 Å². The van der Waals surface area contributed by atoms with E-state index in [1.165, 1.54) is 22.3 Å². The fourth-order valence-corrected chi connectivity index (χ4v) is 3.75. The van der Waals surface area contributed by atoms with Crippen molar-refractivity contribution in [3.05, 3.63) is 93.9 Å². The summed E-state index contributed by atoms with van der Waals surface area (Å²) in [5.41, 5.74) is 3.77. The molecule has 2 aromatic heterocycles. The average molecular weight is 371 g/mol. The number of thiophene rings is 1. The molecule has 0 spiro atoms. The van der Waals surface area contributed by atoms with Crippen LogP contribution in [0, 0.1) is 0 Å². The van der Waals surface area contributed by atoms with Gasteiger partial charge in [-0.15, -0.1) is 11.3 Å². The molecule has 0 aliphatic heterocycles. The summed E-state index contributed by atoms with van der Waals surface area (Å²) in [7, 11) is 0. The number of allylic oxidation sites excluding steroid dienone is 1. The summed E-state index contributed by atoms with van der Waals surface area (Å²) in [6.07, 6.45) is 5.17. The van der Waals surface area contributed by atoms with E-state index in [0.717, 1.165) is 27.1 Å². The number of fused-ring (bicyclic) bond motifs is 1. The molecule has 0 aliphatic rings. The topological polar surface area (TPSA) is 47.2 Å². The van der Waals surface area contributed by atoms with Crippen molar-refractivity contribution in [2.45, 2.75) is 6.92 Å². The summed E-state index contributed by atoms with van der Waals surface area (Å²) in [6.45, 7) is 1.95. The van der Waals surface area contributed by atoms with E-state index in [-0.39, 0.29) is 5.56 Å². The van der Waals surface area contributed by atoms with Gasteiger partial charge in [-0.25, -0.2) is 4.98 Å². The zero-order valence-corrected chi connectivity index (χ0v) is 15.6. The van der Waals surface area contributed by atoms with Gasteiger partial charge in [0.1, 0.15) is 11.2 Å². The highest BCUT2D eigenvalue weighted by molar-refractivity contribution is 7.17. The Hall–Kier alpha value is -3.31. The predicted molar refractivity (Wildman–Crippen MR) is 113 cm³/mol. The minimum Gasteiger partial charge on any atom is -0.267 e. The van der Waals surface area contributed by atoms with E-state index in [2.05, 4.69) is 10.1 Å². The van der Waals surface area contributed by atoms with Crippen LogP contribution in [0.15, 0.2) is 87.8 Å². The Morgan fingerprint density at radius 2 is 1.78 bits per heavy atom. The molecule has 5 heteroatoms.